The molecule has 1 saturated heterocycles. The lowest BCUT2D eigenvalue weighted by Gasteiger charge is -2.35. The largest absolute Gasteiger partial charge is 0.494 e. The van der Waals surface area contributed by atoms with Crippen molar-refractivity contribution in [3.8, 4) is 5.75 Å². The third-order valence-electron chi connectivity index (χ3n) is 5.57. The van der Waals surface area contributed by atoms with Crippen LogP contribution in [0.2, 0.25) is 0 Å². The van der Waals surface area contributed by atoms with Crippen LogP contribution in [0.5, 0.6) is 5.75 Å². The fourth-order valence-corrected chi connectivity index (χ4v) is 3.86. The zero-order valence-electron chi connectivity index (χ0n) is 15.9. The van der Waals surface area contributed by atoms with Crippen LogP contribution in [-0.2, 0) is 6.54 Å². The molecule has 2 aromatic heterocycles. The number of methoxy groups -OCH3 is 1. The number of aromatic nitrogens is 4. The van der Waals surface area contributed by atoms with Gasteiger partial charge in [-0.1, -0.05) is 6.07 Å². The van der Waals surface area contributed by atoms with Gasteiger partial charge in [-0.15, -0.1) is 10.2 Å². The number of hydrogen-bond donors (Lipinski definition) is 0. The second-order valence-corrected chi connectivity index (χ2v) is 7.51. The Kier molecular flexibility index (Phi) is 4.35. The highest BCUT2D eigenvalue weighted by Crippen LogP contribution is 2.39. The number of anilines is 1. The van der Waals surface area contributed by atoms with E-state index >= 15 is 0 Å². The van der Waals surface area contributed by atoms with E-state index in [4.69, 9.17) is 4.74 Å². The first-order valence-electron chi connectivity index (χ1n) is 9.72. The summed E-state index contributed by atoms with van der Waals surface area (Å²) in [5, 5.41) is 8.81. The van der Waals surface area contributed by atoms with E-state index in [0.717, 1.165) is 55.6 Å². The Morgan fingerprint density at radius 1 is 1.14 bits per heavy atom. The van der Waals surface area contributed by atoms with Crippen molar-refractivity contribution in [2.24, 2.45) is 0 Å². The molecule has 1 saturated carbocycles. The molecule has 28 heavy (non-hydrogen) atoms. The number of benzene rings is 1. The van der Waals surface area contributed by atoms with Crippen LogP contribution in [-0.4, -0.2) is 57.8 Å². The van der Waals surface area contributed by atoms with Gasteiger partial charge < -0.3 is 9.64 Å². The summed E-state index contributed by atoms with van der Waals surface area (Å²) in [4.78, 5) is 9.18. The van der Waals surface area contributed by atoms with E-state index in [-0.39, 0.29) is 11.6 Å². The molecule has 146 valence electrons. The highest BCUT2D eigenvalue weighted by Gasteiger charge is 2.30. The third-order valence-corrected chi connectivity index (χ3v) is 5.57. The molecule has 3 aromatic rings. The molecule has 5 rings (SSSR count). The lowest BCUT2D eigenvalue weighted by Crippen LogP contribution is -2.46. The summed E-state index contributed by atoms with van der Waals surface area (Å²) < 4.78 is 21.0. The van der Waals surface area contributed by atoms with Gasteiger partial charge in [-0.2, -0.15) is 0 Å². The second-order valence-electron chi connectivity index (χ2n) is 7.51. The topological polar surface area (TPSA) is 58.8 Å². The molecule has 3 heterocycles. The van der Waals surface area contributed by atoms with Crippen molar-refractivity contribution in [2.45, 2.75) is 25.3 Å². The van der Waals surface area contributed by atoms with Gasteiger partial charge in [-0.3, -0.25) is 9.30 Å². The van der Waals surface area contributed by atoms with Crippen molar-refractivity contribution in [2.75, 3.05) is 38.2 Å². The maximum Gasteiger partial charge on any atom is 0.203 e. The van der Waals surface area contributed by atoms with Gasteiger partial charge >= 0.3 is 0 Å². The first kappa shape index (κ1) is 17.4. The number of nitrogens with zero attached hydrogens (tertiary/aromatic N) is 6. The SMILES string of the molecule is COc1ccc(CN2CCN(c3nccn4c(C5CC5)nnc34)CC2)cc1F. The minimum atomic E-state index is -0.312. The molecule has 0 unspecified atom stereocenters. The molecule has 1 aliphatic heterocycles. The van der Waals surface area contributed by atoms with Crippen molar-refractivity contribution in [1.29, 1.82) is 0 Å². The summed E-state index contributed by atoms with van der Waals surface area (Å²) >= 11 is 0. The summed E-state index contributed by atoms with van der Waals surface area (Å²) in [6.07, 6.45) is 6.19. The average molecular weight is 382 g/mol. The van der Waals surface area contributed by atoms with Crippen LogP contribution in [0.15, 0.2) is 30.6 Å². The third kappa shape index (κ3) is 3.17. The Bertz CT molecular complexity index is 994. The number of fused-ring (bicyclic) bond motifs is 1. The zero-order valence-corrected chi connectivity index (χ0v) is 15.9. The van der Waals surface area contributed by atoms with Gasteiger partial charge in [0, 0.05) is 51.0 Å². The van der Waals surface area contributed by atoms with Gasteiger partial charge in [0.2, 0.25) is 5.65 Å². The molecule has 8 heteroatoms. The number of piperazine rings is 1. The predicted octanol–water partition coefficient (Wildman–Crippen LogP) is 2.47. The molecular weight excluding hydrogens is 359 g/mol. The summed E-state index contributed by atoms with van der Waals surface area (Å²) in [6, 6.07) is 5.17. The van der Waals surface area contributed by atoms with E-state index in [2.05, 4.69) is 29.4 Å². The highest BCUT2D eigenvalue weighted by molar-refractivity contribution is 5.64. The average Bonchev–Trinajstić information content (AvgIpc) is 3.47. The van der Waals surface area contributed by atoms with Gasteiger partial charge in [0.15, 0.2) is 17.4 Å². The van der Waals surface area contributed by atoms with Gasteiger partial charge in [0.05, 0.1) is 7.11 Å². The Morgan fingerprint density at radius 2 is 1.96 bits per heavy atom. The molecule has 1 aromatic carbocycles. The van der Waals surface area contributed by atoms with E-state index in [1.807, 2.05) is 18.5 Å². The van der Waals surface area contributed by atoms with Crippen LogP contribution >= 0.6 is 0 Å². The predicted molar refractivity (Wildman–Crippen MR) is 103 cm³/mol. The molecule has 1 aliphatic carbocycles. The number of ether oxygens (including phenoxy) is 1. The van der Waals surface area contributed by atoms with Crippen LogP contribution in [0.3, 0.4) is 0 Å². The van der Waals surface area contributed by atoms with Crippen LogP contribution in [0.1, 0.15) is 30.1 Å². The van der Waals surface area contributed by atoms with Gasteiger partial charge in [0.25, 0.3) is 0 Å². The molecule has 2 fully saturated rings. The lowest BCUT2D eigenvalue weighted by atomic mass is 10.2. The summed E-state index contributed by atoms with van der Waals surface area (Å²) in [5.74, 6) is 2.47. The maximum atomic E-state index is 13.9. The number of rotatable bonds is 5. The standard InChI is InChI=1S/C20H23FN6O/c1-28-17-5-2-14(12-16(17)21)13-25-8-10-26(11-9-25)19-20-24-23-18(15-3-4-15)27(20)7-6-22-19/h2,5-7,12,15H,3-4,8-11,13H2,1H3. The van der Waals surface area contributed by atoms with Crippen LogP contribution in [0.4, 0.5) is 10.2 Å². The summed E-state index contributed by atoms with van der Waals surface area (Å²) in [5.41, 5.74) is 1.80. The fraction of sp³-hybridized carbons (Fsp3) is 0.450. The smallest absolute Gasteiger partial charge is 0.203 e. The number of halogens is 1. The molecule has 0 spiro atoms. The van der Waals surface area contributed by atoms with Crippen LogP contribution < -0.4 is 9.64 Å². The molecule has 0 atom stereocenters. The van der Waals surface area contributed by atoms with Crippen molar-refractivity contribution >= 4 is 11.5 Å². The first-order valence-corrected chi connectivity index (χ1v) is 9.72. The molecule has 0 amide bonds. The second kappa shape index (κ2) is 7.01. The van der Waals surface area contributed by atoms with Crippen molar-refractivity contribution in [3.05, 3.63) is 47.8 Å². The normalized spacial score (nSPS) is 18.0. The Hall–Kier alpha value is -2.74. The first-order chi connectivity index (χ1) is 13.7. The molecule has 7 nitrogen and oxygen atoms in total. The molecule has 0 N–H and O–H groups in total. The lowest BCUT2D eigenvalue weighted by molar-refractivity contribution is 0.249. The van der Waals surface area contributed by atoms with E-state index in [0.29, 0.717) is 5.92 Å². The van der Waals surface area contributed by atoms with Crippen molar-refractivity contribution < 1.29 is 9.13 Å². The van der Waals surface area contributed by atoms with Crippen molar-refractivity contribution in [3.63, 3.8) is 0 Å². The quantitative estimate of drug-likeness (QED) is 0.676. The minimum absolute atomic E-state index is 0.284. The van der Waals surface area contributed by atoms with Crippen LogP contribution in [0.25, 0.3) is 5.65 Å². The number of hydrogen-bond acceptors (Lipinski definition) is 6. The Labute approximate surface area is 162 Å². The van der Waals surface area contributed by atoms with Gasteiger partial charge in [0.1, 0.15) is 5.82 Å². The van der Waals surface area contributed by atoms with E-state index in [1.54, 1.807) is 12.1 Å². The van der Waals surface area contributed by atoms with E-state index in [9.17, 15) is 4.39 Å². The Balaban J connectivity index is 1.27. The van der Waals surface area contributed by atoms with Crippen molar-refractivity contribution in [1.82, 2.24) is 24.5 Å². The van der Waals surface area contributed by atoms with Gasteiger partial charge in [-0.25, -0.2) is 9.37 Å². The molecule has 2 aliphatic rings. The zero-order chi connectivity index (χ0) is 19.1. The molecular formula is C20H23FN6O. The van der Waals surface area contributed by atoms with E-state index < -0.39 is 0 Å². The van der Waals surface area contributed by atoms with Crippen LogP contribution in [0, 0.1) is 5.82 Å². The van der Waals surface area contributed by atoms with E-state index in [1.165, 1.54) is 20.0 Å². The summed E-state index contributed by atoms with van der Waals surface area (Å²) in [7, 11) is 1.48. The minimum Gasteiger partial charge on any atom is -0.494 e. The molecule has 0 radical (unpaired) electrons. The fourth-order valence-electron chi connectivity index (χ4n) is 3.86. The van der Waals surface area contributed by atoms with Gasteiger partial charge in [-0.05, 0) is 30.5 Å². The Morgan fingerprint density at radius 3 is 2.68 bits per heavy atom. The molecule has 0 bridgehead atoms. The highest BCUT2D eigenvalue weighted by atomic mass is 19.1. The monoisotopic (exact) mass is 382 g/mol. The maximum absolute atomic E-state index is 13.9. The summed E-state index contributed by atoms with van der Waals surface area (Å²) in [6.45, 7) is 4.22.